The third kappa shape index (κ3) is 3.58. The molecular formula is C15H24N2O2S. The zero-order chi connectivity index (χ0) is 14.9. The average molecular weight is 296 g/mol. The minimum atomic E-state index is -0.878. The number of carbonyl (C=O) groups is 1. The highest BCUT2D eigenvalue weighted by atomic mass is 32.1. The van der Waals surface area contributed by atoms with E-state index in [1.54, 1.807) is 25.8 Å². The summed E-state index contributed by atoms with van der Waals surface area (Å²) in [5, 5.41) is 10.9. The molecule has 1 aromatic heterocycles. The summed E-state index contributed by atoms with van der Waals surface area (Å²) in [7, 11) is 1.73. The van der Waals surface area contributed by atoms with Gasteiger partial charge in [0, 0.05) is 19.5 Å². The van der Waals surface area contributed by atoms with Crippen molar-refractivity contribution >= 4 is 17.2 Å². The smallest absolute Gasteiger partial charge is 0.265 e. The van der Waals surface area contributed by atoms with E-state index in [-0.39, 0.29) is 5.91 Å². The Balaban J connectivity index is 2.13. The monoisotopic (exact) mass is 296 g/mol. The Labute approximate surface area is 124 Å². The number of aromatic nitrogens is 1. The fraction of sp³-hybridized carbons (Fsp3) is 0.733. The number of thiazole rings is 1. The Morgan fingerprint density at radius 2 is 2.05 bits per heavy atom. The SMILES string of the molecule is Cc1nc(C2CCCC2)sc1C(=O)N(C)CC(C)(C)O. The normalized spacial score (nSPS) is 16.6. The molecule has 0 aromatic carbocycles. The van der Waals surface area contributed by atoms with E-state index in [0.717, 1.165) is 15.6 Å². The molecule has 1 saturated carbocycles. The largest absolute Gasteiger partial charge is 0.389 e. The lowest BCUT2D eigenvalue weighted by atomic mass is 10.1. The molecule has 4 nitrogen and oxygen atoms in total. The van der Waals surface area contributed by atoms with Gasteiger partial charge in [0.05, 0.1) is 16.3 Å². The van der Waals surface area contributed by atoms with Crippen LogP contribution in [0, 0.1) is 6.92 Å². The first kappa shape index (κ1) is 15.4. The van der Waals surface area contributed by atoms with E-state index in [1.165, 1.54) is 37.0 Å². The molecule has 112 valence electrons. The van der Waals surface area contributed by atoms with Gasteiger partial charge < -0.3 is 10.0 Å². The Morgan fingerprint density at radius 1 is 1.45 bits per heavy atom. The van der Waals surface area contributed by atoms with Gasteiger partial charge in [-0.25, -0.2) is 4.98 Å². The van der Waals surface area contributed by atoms with Gasteiger partial charge in [-0.15, -0.1) is 11.3 Å². The Morgan fingerprint density at radius 3 is 2.60 bits per heavy atom. The van der Waals surface area contributed by atoms with Gasteiger partial charge in [0.25, 0.3) is 5.91 Å². The van der Waals surface area contributed by atoms with E-state index in [1.807, 2.05) is 6.92 Å². The quantitative estimate of drug-likeness (QED) is 0.929. The fourth-order valence-electron chi connectivity index (χ4n) is 2.79. The summed E-state index contributed by atoms with van der Waals surface area (Å²) in [5.74, 6) is 0.506. The molecule has 1 aliphatic rings. The molecule has 5 heteroatoms. The number of likely N-dealkylation sites (N-methyl/N-ethyl adjacent to an activating group) is 1. The van der Waals surface area contributed by atoms with Gasteiger partial charge in [-0.05, 0) is 33.6 Å². The molecule has 0 unspecified atom stereocenters. The lowest BCUT2D eigenvalue weighted by Crippen LogP contribution is -2.39. The Kier molecular flexibility index (Phi) is 4.49. The summed E-state index contributed by atoms with van der Waals surface area (Å²) < 4.78 is 0. The number of aliphatic hydroxyl groups is 1. The molecule has 0 aliphatic heterocycles. The van der Waals surface area contributed by atoms with Crippen molar-refractivity contribution in [3.63, 3.8) is 0 Å². The van der Waals surface area contributed by atoms with Crippen LogP contribution in [-0.2, 0) is 0 Å². The molecule has 1 amide bonds. The van der Waals surface area contributed by atoms with Crippen LogP contribution in [0.25, 0.3) is 0 Å². The van der Waals surface area contributed by atoms with Gasteiger partial charge in [0.15, 0.2) is 0 Å². The molecule has 0 spiro atoms. The Bertz CT molecular complexity index is 485. The standard InChI is InChI=1S/C15H24N2O2S/c1-10-12(14(18)17(4)9-15(2,3)19)20-13(16-10)11-7-5-6-8-11/h11,19H,5-9H2,1-4H3. The zero-order valence-corrected chi connectivity index (χ0v) is 13.6. The number of hydrogen-bond donors (Lipinski definition) is 1. The first-order chi connectivity index (χ1) is 9.28. The second-order valence-electron chi connectivity index (χ2n) is 6.42. The lowest BCUT2D eigenvalue weighted by Gasteiger charge is -2.25. The van der Waals surface area contributed by atoms with Crippen molar-refractivity contribution in [2.24, 2.45) is 0 Å². The van der Waals surface area contributed by atoms with E-state index in [0.29, 0.717) is 12.5 Å². The minimum absolute atomic E-state index is 0.0358. The highest BCUT2D eigenvalue weighted by Gasteiger charge is 2.26. The molecule has 1 aliphatic carbocycles. The second-order valence-corrected chi connectivity index (χ2v) is 7.45. The van der Waals surface area contributed by atoms with E-state index < -0.39 is 5.60 Å². The van der Waals surface area contributed by atoms with Crippen LogP contribution in [0.2, 0.25) is 0 Å². The number of amides is 1. The molecule has 1 fully saturated rings. The topological polar surface area (TPSA) is 53.4 Å². The fourth-order valence-corrected chi connectivity index (χ4v) is 4.02. The Hall–Kier alpha value is -0.940. The molecule has 1 aromatic rings. The first-order valence-corrected chi connectivity index (χ1v) is 8.05. The summed E-state index contributed by atoms with van der Waals surface area (Å²) in [4.78, 5) is 19.4. The predicted octanol–water partition coefficient (Wildman–Crippen LogP) is 2.95. The van der Waals surface area contributed by atoms with Crippen molar-refractivity contribution in [2.75, 3.05) is 13.6 Å². The molecule has 2 rings (SSSR count). The number of carbonyl (C=O) groups excluding carboxylic acids is 1. The summed E-state index contributed by atoms with van der Waals surface area (Å²) in [6, 6.07) is 0. The number of nitrogens with zero attached hydrogens (tertiary/aromatic N) is 2. The minimum Gasteiger partial charge on any atom is -0.389 e. The van der Waals surface area contributed by atoms with E-state index >= 15 is 0 Å². The van der Waals surface area contributed by atoms with Crippen molar-refractivity contribution in [3.8, 4) is 0 Å². The summed E-state index contributed by atoms with van der Waals surface area (Å²) in [6.07, 6.45) is 4.93. The lowest BCUT2D eigenvalue weighted by molar-refractivity contribution is 0.0370. The predicted molar refractivity (Wildman–Crippen MR) is 81.3 cm³/mol. The molecule has 0 bridgehead atoms. The van der Waals surface area contributed by atoms with Gasteiger partial charge >= 0.3 is 0 Å². The highest BCUT2D eigenvalue weighted by Crippen LogP contribution is 2.37. The third-order valence-electron chi connectivity index (χ3n) is 3.68. The maximum Gasteiger partial charge on any atom is 0.265 e. The van der Waals surface area contributed by atoms with Crippen molar-refractivity contribution < 1.29 is 9.90 Å². The average Bonchev–Trinajstić information content (AvgIpc) is 2.94. The van der Waals surface area contributed by atoms with Gasteiger partial charge in [0.2, 0.25) is 0 Å². The third-order valence-corrected chi connectivity index (χ3v) is 4.99. The highest BCUT2D eigenvalue weighted by molar-refractivity contribution is 7.13. The number of rotatable bonds is 4. The van der Waals surface area contributed by atoms with Crippen LogP contribution in [-0.4, -0.2) is 40.1 Å². The number of hydrogen-bond acceptors (Lipinski definition) is 4. The van der Waals surface area contributed by atoms with Crippen molar-refractivity contribution in [2.45, 2.75) is 58.0 Å². The van der Waals surface area contributed by atoms with E-state index in [2.05, 4.69) is 4.98 Å². The molecule has 1 N–H and O–H groups in total. The van der Waals surface area contributed by atoms with Gasteiger partial charge in [-0.1, -0.05) is 12.8 Å². The molecule has 0 saturated heterocycles. The number of aryl methyl sites for hydroxylation is 1. The second kappa shape index (κ2) is 5.82. The van der Waals surface area contributed by atoms with Crippen LogP contribution in [0.3, 0.4) is 0 Å². The molecule has 1 heterocycles. The maximum atomic E-state index is 12.5. The zero-order valence-electron chi connectivity index (χ0n) is 12.8. The molecular weight excluding hydrogens is 272 g/mol. The van der Waals surface area contributed by atoms with Gasteiger partial charge in [0.1, 0.15) is 4.88 Å². The van der Waals surface area contributed by atoms with Crippen LogP contribution in [0.1, 0.15) is 65.8 Å². The van der Waals surface area contributed by atoms with Crippen molar-refractivity contribution in [3.05, 3.63) is 15.6 Å². The molecule has 0 atom stereocenters. The van der Waals surface area contributed by atoms with E-state index in [9.17, 15) is 9.90 Å². The van der Waals surface area contributed by atoms with Gasteiger partial charge in [-0.3, -0.25) is 4.79 Å². The molecule has 0 radical (unpaired) electrons. The summed E-state index contributed by atoms with van der Waals surface area (Å²) >= 11 is 1.54. The van der Waals surface area contributed by atoms with Crippen molar-refractivity contribution in [1.29, 1.82) is 0 Å². The van der Waals surface area contributed by atoms with Gasteiger partial charge in [-0.2, -0.15) is 0 Å². The van der Waals surface area contributed by atoms with E-state index in [4.69, 9.17) is 0 Å². The van der Waals surface area contributed by atoms with Crippen LogP contribution in [0.15, 0.2) is 0 Å². The molecule has 20 heavy (non-hydrogen) atoms. The van der Waals surface area contributed by atoms with Crippen LogP contribution in [0.4, 0.5) is 0 Å². The first-order valence-electron chi connectivity index (χ1n) is 7.23. The van der Waals surface area contributed by atoms with Crippen LogP contribution < -0.4 is 0 Å². The summed E-state index contributed by atoms with van der Waals surface area (Å²) in [5.41, 5.74) is -0.0541. The van der Waals surface area contributed by atoms with Crippen LogP contribution in [0.5, 0.6) is 0 Å². The van der Waals surface area contributed by atoms with Crippen molar-refractivity contribution in [1.82, 2.24) is 9.88 Å². The maximum absolute atomic E-state index is 12.5. The summed E-state index contributed by atoms with van der Waals surface area (Å²) in [6.45, 7) is 5.64. The van der Waals surface area contributed by atoms with Crippen LogP contribution >= 0.6 is 11.3 Å².